The highest BCUT2D eigenvalue weighted by Crippen LogP contribution is 2.26. The Hall–Kier alpha value is -1.11. The zero-order valence-electron chi connectivity index (χ0n) is 12.4. The van der Waals surface area contributed by atoms with Crippen LogP contribution in [0.4, 0.5) is 5.88 Å². The predicted octanol–water partition coefficient (Wildman–Crippen LogP) is 2.25. The van der Waals surface area contributed by atoms with Gasteiger partial charge in [0, 0.05) is 18.1 Å². The van der Waals surface area contributed by atoms with Gasteiger partial charge in [0.25, 0.3) is 0 Å². The van der Waals surface area contributed by atoms with Crippen LogP contribution in [0.1, 0.15) is 45.7 Å². The molecule has 20 heavy (non-hydrogen) atoms. The second-order valence-corrected chi connectivity index (χ2v) is 5.89. The van der Waals surface area contributed by atoms with Crippen LogP contribution in [0.5, 0.6) is 0 Å². The highest BCUT2D eigenvalue weighted by molar-refractivity contribution is 5.34. The lowest BCUT2D eigenvalue weighted by atomic mass is 9.90. The topological polar surface area (TPSA) is 76.8 Å². The molecule has 1 aromatic heterocycles. The molecular weight excluding hydrogens is 260 g/mol. The van der Waals surface area contributed by atoms with Gasteiger partial charge in [-0.05, 0) is 26.2 Å². The summed E-state index contributed by atoms with van der Waals surface area (Å²) in [7, 11) is 0. The van der Waals surface area contributed by atoms with Crippen LogP contribution in [0.2, 0.25) is 0 Å². The molecular formula is C14H24N2O4. The van der Waals surface area contributed by atoms with E-state index >= 15 is 0 Å². The second-order valence-electron chi connectivity index (χ2n) is 5.89. The van der Waals surface area contributed by atoms with E-state index in [1.54, 1.807) is 13.0 Å². The lowest BCUT2D eigenvalue weighted by Gasteiger charge is -2.28. The van der Waals surface area contributed by atoms with Crippen molar-refractivity contribution in [3.63, 3.8) is 0 Å². The Bertz CT molecular complexity index is 411. The smallest absolute Gasteiger partial charge is 0.226 e. The molecule has 2 atom stereocenters. The summed E-state index contributed by atoms with van der Waals surface area (Å²) in [6.45, 7) is 6.99. The number of aromatic nitrogens is 1. The maximum Gasteiger partial charge on any atom is 0.226 e. The number of nitrogens with one attached hydrogen (secondary N) is 1. The lowest BCUT2D eigenvalue weighted by Crippen LogP contribution is -2.31. The third-order valence-electron chi connectivity index (χ3n) is 3.32. The van der Waals surface area contributed by atoms with Crippen LogP contribution in [0.15, 0.2) is 10.6 Å². The molecule has 0 bridgehead atoms. The SMILES string of the molecule is CC(O)Nc1cc(C(C)(C)COC2CCCCO2)no1. The standard InChI is InChI=1S/C14H24N2O4/c1-10(17)15-12-8-11(16-20-12)14(2,3)9-19-13-6-4-5-7-18-13/h8,10,13,15,17H,4-7,9H2,1-3H3. The number of hydrogen-bond donors (Lipinski definition) is 2. The van der Waals surface area contributed by atoms with Crippen LogP contribution in [-0.2, 0) is 14.9 Å². The Labute approximate surface area is 119 Å². The Kier molecular flexibility index (Phi) is 5.01. The molecule has 2 N–H and O–H groups in total. The first kappa shape index (κ1) is 15.3. The monoisotopic (exact) mass is 284 g/mol. The van der Waals surface area contributed by atoms with E-state index in [9.17, 15) is 5.11 Å². The molecule has 1 aliphatic rings. The molecule has 6 nitrogen and oxygen atoms in total. The summed E-state index contributed by atoms with van der Waals surface area (Å²) in [6.07, 6.45) is 2.43. The summed E-state index contributed by atoms with van der Waals surface area (Å²) in [6, 6.07) is 1.79. The third kappa shape index (κ3) is 4.19. The molecule has 0 aromatic carbocycles. The van der Waals surface area contributed by atoms with Crippen LogP contribution in [0, 0.1) is 0 Å². The minimum Gasteiger partial charge on any atom is -0.374 e. The highest BCUT2D eigenvalue weighted by atomic mass is 16.7. The molecule has 0 radical (unpaired) electrons. The van der Waals surface area contributed by atoms with Crippen molar-refractivity contribution in [2.45, 2.75) is 58.0 Å². The Morgan fingerprint density at radius 1 is 1.55 bits per heavy atom. The van der Waals surface area contributed by atoms with Crippen molar-refractivity contribution in [3.05, 3.63) is 11.8 Å². The van der Waals surface area contributed by atoms with Gasteiger partial charge in [0.05, 0.1) is 12.3 Å². The van der Waals surface area contributed by atoms with Crippen LogP contribution in [-0.4, -0.2) is 36.0 Å². The number of aliphatic hydroxyl groups is 1. The number of hydrogen-bond acceptors (Lipinski definition) is 6. The molecule has 2 unspecified atom stereocenters. The molecule has 6 heteroatoms. The number of rotatable bonds is 6. The molecule has 1 fully saturated rings. The Morgan fingerprint density at radius 3 is 3.00 bits per heavy atom. The van der Waals surface area contributed by atoms with Gasteiger partial charge in [0.15, 0.2) is 6.29 Å². The molecule has 1 aliphatic heterocycles. The van der Waals surface area contributed by atoms with Gasteiger partial charge in [-0.25, -0.2) is 0 Å². The average Bonchev–Trinajstić information content (AvgIpc) is 2.86. The van der Waals surface area contributed by atoms with E-state index in [-0.39, 0.29) is 11.7 Å². The molecule has 2 heterocycles. The van der Waals surface area contributed by atoms with E-state index in [2.05, 4.69) is 10.5 Å². The quantitative estimate of drug-likeness (QED) is 0.780. The number of ether oxygens (including phenoxy) is 2. The summed E-state index contributed by atoms with van der Waals surface area (Å²) >= 11 is 0. The zero-order chi connectivity index (χ0) is 14.6. The zero-order valence-corrected chi connectivity index (χ0v) is 12.4. The molecule has 0 saturated carbocycles. The molecule has 2 rings (SSSR count). The molecule has 1 aromatic rings. The average molecular weight is 284 g/mol. The van der Waals surface area contributed by atoms with E-state index in [4.69, 9.17) is 14.0 Å². The van der Waals surface area contributed by atoms with Crippen molar-refractivity contribution >= 4 is 5.88 Å². The summed E-state index contributed by atoms with van der Waals surface area (Å²) in [4.78, 5) is 0. The fourth-order valence-corrected chi connectivity index (χ4v) is 2.09. The summed E-state index contributed by atoms with van der Waals surface area (Å²) in [5.74, 6) is 0.456. The molecule has 0 aliphatic carbocycles. The van der Waals surface area contributed by atoms with E-state index in [0.717, 1.165) is 31.6 Å². The van der Waals surface area contributed by atoms with Crippen molar-refractivity contribution < 1.29 is 19.1 Å². The van der Waals surface area contributed by atoms with Crippen molar-refractivity contribution in [1.29, 1.82) is 0 Å². The van der Waals surface area contributed by atoms with Gasteiger partial charge in [-0.2, -0.15) is 0 Å². The van der Waals surface area contributed by atoms with Gasteiger partial charge in [-0.1, -0.05) is 19.0 Å². The summed E-state index contributed by atoms with van der Waals surface area (Å²) in [5.41, 5.74) is 0.514. The van der Waals surface area contributed by atoms with Gasteiger partial charge in [-0.3, -0.25) is 0 Å². The Balaban J connectivity index is 1.89. The second kappa shape index (κ2) is 6.56. The summed E-state index contributed by atoms with van der Waals surface area (Å²) < 4.78 is 16.5. The fourth-order valence-electron chi connectivity index (χ4n) is 2.09. The molecule has 0 amide bonds. The molecule has 0 spiro atoms. The van der Waals surface area contributed by atoms with Crippen LogP contribution in [0.3, 0.4) is 0 Å². The first-order chi connectivity index (χ1) is 9.47. The lowest BCUT2D eigenvalue weighted by molar-refractivity contribution is -0.170. The predicted molar refractivity (Wildman–Crippen MR) is 74.4 cm³/mol. The van der Waals surface area contributed by atoms with Crippen molar-refractivity contribution in [2.75, 3.05) is 18.5 Å². The molecule has 114 valence electrons. The van der Waals surface area contributed by atoms with Crippen LogP contribution < -0.4 is 5.32 Å². The van der Waals surface area contributed by atoms with Gasteiger partial charge in [-0.15, -0.1) is 0 Å². The van der Waals surface area contributed by atoms with Crippen molar-refractivity contribution in [2.24, 2.45) is 0 Å². The van der Waals surface area contributed by atoms with E-state index in [1.807, 2.05) is 13.8 Å². The first-order valence-electron chi connectivity index (χ1n) is 7.12. The fraction of sp³-hybridized carbons (Fsp3) is 0.786. The minimum atomic E-state index is -0.675. The van der Waals surface area contributed by atoms with Crippen LogP contribution in [0.25, 0.3) is 0 Å². The maximum absolute atomic E-state index is 9.25. The van der Waals surface area contributed by atoms with E-state index in [0.29, 0.717) is 12.5 Å². The summed E-state index contributed by atoms with van der Waals surface area (Å²) in [5, 5.41) is 16.1. The van der Waals surface area contributed by atoms with Gasteiger partial charge in [0.2, 0.25) is 5.88 Å². The van der Waals surface area contributed by atoms with Gasteiger partial charge < -0.3 is 24.4 Å². The first-order valence-corrected chi connectivity index (χ1v) is 7.12. The van der Waals surface area contributed by atoms with Gasteiger partial charge in [0.1, 0.15) is 6.23 Å². The van der Waals surface area contributed by atoms with Crippen molar-refractivity contribution in [3.8, 4) is 0 Å². The van der Waals surface area contributed by atoms with E-state index < -0.39 is 6.23 Å². The maximum atomic E-state index is 9.25. The van der Waals surface area contributed by atoms with E-state index in [1.165, 1.54) is 0 Å². The van der Waals surface area contributed by atoms with Crippen molar-refractivity contribution in [1.82, 2.24) is 5.16 Å². The van der Waals surface area contributed by atoms with Crippen LogP contribution >= 0.6 is 0 Å². The minimum absolute atomic E-state index is 0.106. The molecule has 1 saturated heterocycles. The Morgan fingerprint density at radius 2 is 2.35 bits per heavy atom. The number of nitrogens with zero attached hydrogens (tertiary/aromatic N) is 1. The largest absolute Gasteiger partial charge is 0.374 e. The normalized spacial score (nSPS) is 21.7. The highest BCUT2D eigenvalue weighted by Gasteiger charge is 2.27. The van der Waals surface area contributed by atoms with Gasteiger partial charge >= 0.3 is 0 Å². The number of aliphatic hydroxyl groups excluding tert-OH is 1. The number of anilines is 1. The third-order valence-corrected chi connectivity index (χ3v) is 3.32.